The van der Waals surface area contributed by atoms with Gasteiger partial charge in [-0.25, -0.2) is 0 Å². The second-order valence-corrected chi connectivity index (χ2v) is 13.0. The number of ketones is 1. The molecule has 0 radical (unpaired) electrons. The second-order valence-electron chi connectivity index (χ2n) is 11.9. The van der Waals surface area contributed by atoms with Gasteiger partial charge in [0.2, 0.25) is 0 Å². The number of carbonyl (C=O) groups excluding carboxylic acids is 2. The van der Waals surface area contributed by atoms with Crippen LogP contribution in [0.15, 0.2) is 41.3 Å². The van der Waals surface area contributed by atoms with Crippen molar-refractivity contribution in [2.45, 2.75) is 107 Å². The summed E-state index contributed by atoms with van der Waals surface area (Å²) in [6.45, 7) is 8.23. The number of benzene rings is 2. The molecule has 0 bridgehead atoms. The quantitative estimate of drug-likeness (QED) is 0.252. The molecule has 2 aliphatic rings. The molecular formula is C31H41NO4S. The van der Waals surface area contributed by atoms with Gasteiger partial charge >= 0.3 is 5.97 Å². The Hall–Kier alpha value is -2.31. The maximum atomic E-state index is 13.7. The third kappa shape index (κ3) is 6.23. The number of aryl methyl sites for hydroxylation is 2. The van der Waals surface area contributed by atoms with Gasteiger partial charge in [0.05, 0.1) is 6.61 Å². The Bertz CT molecular complexity index is 1110. The van der Waals surface area contributed by atoms with Gasteiger partial charge in [0, 0.05) is 17.0 Å². The number of rotatable bonds is 7. The molecule has 200 valence electrons. The van der Waals surface area contributed by atoms with Crippen LogP contribution in [0, 0.1) is 12.8 Å². The van der Waals surface area contributed by atoms with E-state index < -0.39 is 16.8 Å². The Morgan fingerprint density at radius 2 is 1.76 bits per heavy atom. The Morgan fingerprint density at radius 3 is 2.35 bits per heavy atom. The van der Waals surface area contributed by atoms with E-state index >= 15 is 0 Å². The number of nitrogen functional groups attached to an aromatic ring is 1. The molecule has 0 amide bonds. The van der Waals surface area contributed by atoms with E-state index in [0.717, 1.165) is 64.9 Å². The molecule has 1 saturated carbocycles. The van der Waals surface area contributed by atoms with Crippen molar-refractivity contribution in [2.24, 2.45) is 5.92 Å². The number of cyclic esters (lactones) is 1. The molecule has 4 rings (SSSR count). The molecule has 3 N–H and O–H groups in total. The number of Topliss-reactive ketones (excluding diaryl/α,β-unsaturated/α-hetero) is 1. The molecule has 0 spiro atoms. The summed E-state index contributed by atoms with van der Waals surface area (Å²) in [6.07, 6.45) is 7.08. The minimum absolute atomic E-state index is 0.0344. The van der Waals surface area contributed by atoms with Gasteiger partial charge in [-0.2, -0.15) is 0 Å². The van der Waals surface area contributed by atoms with Gasteiger partial charge in [-0.15, -0.1) is 11.8 Å². The number of aliphatic hydroxyl groups is 1. The molecule has 6 heteroatoms. The van der Waals surface area contributed by atoms with Gasteiger partial charge in [0.15, 0.2) is 11.0 Å². The summed E-state index contributed by atoms with van der Waals surface area (Å²) in [5.41, 5.74) is 9.63. The number of anilines is 1. The van der Waals surface area contributed by atoms with Crippen LogP contribution in [-0.2, 0) is 32.8 Å². The van der Waals surface area contributed by atoms with E-state index in [4.69, 9.17) is 10.5 Å². The summed E-state index contributed by atoms with van der Waals surface area (Å²) in [5, 5.41) is 8.92. The molecule has 0 aromatic heterocycles. The van der Waals surface area contributed by atoms with Gasteiger partial charge in [-0.1, -0.05) is 58.2 Å². The smallest absolute Gasteiger partial charge is 0.327 e. The molecule has 1 saturated heterocycles. The number of esters is 1. The van der Waals surface area contributed by atoms with E-state index in [1.54, 1.807) is 0 Å². The van der Waals surface area contributed by atoms with Crippen LogP contribution in [0.3, 0.4) is 0 Å². The molecule has 2 fully saturated rings. The maximum Gasteiger partial charge on any atom is 0.327 e. The highest BCUT2D eigenvalue weighted by atomic mass is 32.2. The van der Waals surface area contributed by atoms with Crippen LogP contribution in [0.2, 0.25) is 0 Å². The molecule has 37 heavy (non-hydrogen) atoms. The van der Waals surface area contributed by atoms with Gasteiger partial charge in [-0.3, -0.25) is 9.59 Å². The summed E-state index contributed by atoms with van der Waals surface area (Å²) >= 11 is 1.31. The van der Waals surface area contributed by atoms with Gasteiger partial charge in [0.25, 0.3) is 0 Å². The first-order valence-corrected chi connectivity index (χ1v) is 14.4. The van der Waals surface area contributed by atoms with E-state index in [1.807, 2.05) is 43.3 Å². The molecular weight excluding hydrogens is 482 g/mol. The topological polar surface area (TPSA) is 89.6 Å². The van der Waals surface area contributed by atoms with E-state index in [9.17, 15) is 14.7 Å². The normalized spacial score (nSPS) is 23.2. The van der Waals surface area contributed by atoms with Crippen molar-refractivity contribution in [3.05, 3.63) is 58.7 Å². The lowest BCUT2D eigenvalue weighted by atomic mass is 9.70. The summed E-state index contributed by atoms with van der Waals surface area (Å²) in [7, 11) is 0. The third-order valence-corrected chi connectivity index (χ3v) is 9.39. The average Bonchev–Trinajstić information content (AvgIpc) is 2.86. The SMILES string of the molecule is Cc1cc(SC2C(=O)CC(CCc3ccc(N)cc3)(C3CCCCC3)OC2=O)c(C(C)(C)C)cc1CO. The molecule has 1 aliphatic carbocycles. The Balaban J connectivity index is 1.59. The number of hydrogen-bond acceptors (Lipinski definition) is 6. The first kappa shape index (κ1) is 27.7. The maximum absolute atomic E-state index is 13.7. The fourth-order valence-corrected chi connectivity index (χ4v) is 7.22. The van der Waals surface area contributed by atoms with Crippen molar-refractivity contribution in [1.29, 1.82) is 0 Å². The Labute approximate surface area is 225 Å². The highest BCUT2D eigenvalue weighted by Crippen LogP contribution is 2.46. The number of carbonyl (C=O) groups is 2. The molecule has 2 aromatic carbocycles. The van der Waals surface area contributed by atoms with Gasteiger partial charge < -0.3 is 15.6 Å². The molecule has 5 nitrogen and oxygen atoms in total. The standard InChI is InChI=1S/C31H41NO4S/c1-20-16-27(25(30(2,3)4)17-22(20)19-33)37-28-26(34)18-31(36-29(28)35,23-8-6-5-7-9-23)15-14-21-10-12-24(32)13-11-21/h10-13,16-17,23,28,33H,5-9,14-15,18-19,32H2,1-4H3. The lowest BCUT2D eigenvalue weighted by Crippen LogP contribution is -2.53. The molecule has 2 aromatic rings. The third-order valence-electron chi connectivity index (χ3n) is 8.11. The zero-order valence-corrected chi connectivity index (χ0v) is 23.5. The van der Waals surface area contributed by atoms with Crippen LogP contribution in [0.5, 0.6) is 0 Å². The van der Waals surface area contributed by atoms with Crippen LogP contribution in [0.4, 0.5) is 5.69 Å². The van der Waals surface area contributed by atoms with Gasteiger partial charge in [-0.05, 0) is 84.4 Å². The minimum Gasteiger partial charge on any atom is -0.457 e. The van der Waals surface area contributed by atoms with Crippen LogP contribution in [0.25, 0.3) is 0 Å². The van der Waals surface area contributed by atoms with E-state index in [2.05, 4.69) is 20.8 Å². The lowest BCUT2D eigenvalue weighted by Gasteiger charge is -2.45. The predicted molar refractivity (Wildman–Crippen MR) is 150 cm³/mol. The van der Waals surface area contributed by atoms with E-state index in [-0.39, 0.29) is 30.1 Å². The van der Waals surface area contributed by atoms with Crippen LogP contribution in [0.1, 0.15) is 88.0 Å². The monoisotopic (exact) mass is 523 g/mol. The molecule has 1 aliphatic heterocycles. The zero-order chi connectivity index (χ0) is 26.8. The lowest BCUT2D eigenvalue weighted by molar-refractivity contribution is -0.179. The van der Waals surface area contributed by atoms with E-state index in [0.29, 0.717) is 6.42 Å². The molecule has 1 heterocycles. The first-order chi connectivity index (χ1) is 17.5. The van der Waals surface area contributed by atoms with Crippen molar-refractivity contribution in [2.75, 3.05) is 5.73 Å². The zero-order valence-electron chi connectivity index (χ0n) is 22.6. The highest BCUT2D eigenvalue weighted by molar-refractivity contribution is 8.01. The van der Waals surface area contributed by atoms with Crippen LogP contribution in [-0.4, -0.2) is 27.7 Å². The first-order valence-electron chi connectivity index (χ1n) is 13.5. The summed E-state index contributed by atoms with van der Waals surface area (Å²) in [6, 6.07) is 11.8. The van der Waals surface area contributed by atoms with E-state index in [1.165, 1.54) is 18.2 Å². The molecule has 2 atom stereocenters. The van der Waals surface area contributed by atoms with Crippen molar-refractivity contribution >= 4 is 29.2 Å². The summed E-state index contributed by atoms with van der Waals surface area (Å²) in [4.78, 5) is 28.2. The second kappa shape index (κ2) is 11.2. The molecule has 2 unspecified atom stereocenters. The number of thioether (sulfide) groups is 1. The number of aliphatic hydroxyl groups excluding tert-OH is 1. The van der Waals surface area contributed by atoms with Crippen molar-refractivity contribution in [3.8, 4) is 0 Å². The Morgan fingerprint density at radius 1 is 1.08 bits per heavy atom. The Kier molecular flexibility index (Phi) is 8.39. The van der Waals surface area contributed by atoms with Crippen LogP contribution < -0.4 is 5.73 Å². The summed E-state index contributed by atoms with van der Waals surface area (Å²) in [5.74, 6) is -0.231. The highest BCUT2D eigenvalue weighted by Gasteiger charge is 2.51. The number of ether oxygens (including phenoxy) is 1. The summed E-state index contributed by atoms with van der Waals surface area (Å²) < 4.78 is 6.37. The average molecular weight is 524 g/mol. The van der Waals surface area contributed by atoms with Crippen molar-refractivity contribution < 1.29 is 19.4 Å². The fourth-order valence-electron chi connectivity index (χ4n) is 5.87. The van der Waals surface area contributed by atoms with Gasteiger partial charge in [0.1, 0.15) is 5.60 Å². The number of hydrogen-bond donors (Lipinski definition) is 2. The number of nitrogens with two attached hydrogens (primary N) is 1. The van der Waals surface area contributed by atoms with Crippen LogP contribution >= 0.6 is 11.8 Å². The van der Waals surface area contributed by atoms with Crippen molar-refractivity contribution in [3.63, 3.8) is 0 Å². The fraction of sp³-hybridized carbons (Fsp3) is 0.548. The minimum atomic E-state index is -0.867. The van der Waals surface area contributed by atoms with Crippen molar-refractivity contribution in [1.82, 2.24) is 0 Å². The predicted octanol–water partition coefficient (Wildman–Crippen LogP) is 6.30. The largest absolute Gasteiger partial charge is 0.457 e.